The van der Waals surface area contributed by atoms with Gasteiger partial charge in [-0.05, 0) is 36.4 Å². The smallest absolute Gasteiger partial charge is 0.329 e. The molecule has 0 spiro atoms. The van der Waals surface area contributed by atoms with Crippen LogP contribution in [0.2, 0.25) is 10.0 Å². The van der Waals surface area contributed by atoms with Crippen LogP contribution in [0.3, 0.4) is 0 Å². The second-order valence-corrected chi connectivity index (χ2v) is 4.34. The Morgan fingerprint density at radius 2 is 1.35 bits per heavy atom. The zero-order valence-electron chi connectivity index (χ0n) is 8.77. The molecular formula is C13H8Cl2N2. The summed E-state index contributed by atoms with van der Waals surface area (Å²) in [4.78, 5) is 3.31. The first-order valence-electron chi connectivity index (χ1n) is 4.94. The minimum Gasteiger partial charge on any atom is -0.361 e. The summed E-state index contributed by atoms with van der Waals surface area (Å²) in [6.45, 7) is 0. The highest BCUT2D eigenvalue weighted by Gasteiger charge is 2.15. The van der Waals surface area contributed by atoms with Crippen LogP contribution in [0.15, 0.2) is 48.5 Å². The molecule has 0 heterocycles. The molecule has 0 fully saturated rings. The molecule has 2 rings (SSSR count). The second kappa shape index (κ2) is 5.15. The van der Waals surface area contributed by atoms with Crippen molar-refractivity contribution in [3.8, 4) is 0 Å². The highest BCUT2D eigenvalue weighted by Crippen LogP contribution is 2.17. The maximum absolute atomic E-state index is 9.12. The van der Waals surface area contributed by atoms with Gasteiger partial charge in [0.15, 0.2) is 0 Å². The van der Waals surface area contributed by atoms with Gasteiger partial charge in [-0.25, -0.2) is 0 Å². The van der Waals surface area contributed by atoms with Gasteiger partial charge in [-0.2, -0.15) is 4.79 Å². The Kier molecular flexibility index (Phi) is 3.60. The third-order valence-electron chi connectivity index (χ3n) is 2.30. The minimum atomic E-state index is 0.440. The van der Waals surface area contributed by atoms with Gasteiger partial charge in [-0.15, -0.1) is 0 Å². The van der Waals surface area contributed by atoms with E-state index in [-0.39, 0.29) is 0 Å². The Bertz CT molecular complexity index is 554. The topological polar surface area (TPSA) is 36.4 Å². The number of rotatable bonds is 2. The molecule has 0 aromatic heterocycles. The van der Waals surface area contributed by atoms with Gasteiger partial charge < -0.3 is 5.53 Å². The molecule has 0 unspecified atom stereocenters. The van der Waals surface area contributed by atoms with Crippen molar-refractivity contribution in [1.82, 2.24) is 0 Å². The number of benzene rings is 2. The van der Waals surface area contributed by atoms with Crippen molar-refractivity contribution in [3.63, 3.8) is 0 Å². The first-order valence-corrected chi connectivity index (χ1v) is 5.70. The van der Waals surface area contributed by atoms with Crippen LogP contribution in [0.5, 0.6) is 0 Å². The van der Waals surface area contributed by atoms with Crippen LogP contribution in [0.1, 0.15) is 11.1 Å². The molecule has 0 N–H and O–H groups in total. The molecular weight excluding hydrogens is 255 g/mol. The summed E-state index contributed by atoms with van der Waals surface area (Å²) in [5.41, 5.74) is 11.0. The maximum atomic E-state index is 9.12. The Morgan fingerprint density at radius 1 is 0.882 bits per heavy atom. The summed E-state index contributed by atoms with van der Waals surface area (Å²) < 4.78 is 0. The zero-order valence-corrected chi connectivity index (χ0v) is 10.3. The first kappa shape index (κ1) is 11.9. The molecule has 0 saturated heterocycles. The molecule has 0 amide bonds. The molecule has 0 aliphatic rings. The Balaban J connectivity index is 2.52. The summed E-state index contributed by atoms with van der Waals surface area (Å²) in [5, 5.41) is 1.18. The lowest BCUT2D eigenvalue weighted by Gasteiger charge is -1.98. The molecule has 0 aliphatic heterocycles. The molecule has 0 radical (unpaired) electrons. The molecule has 17 heavy (non-hydrogen) atoms. The van der Waals surface area contributed by atoms with E-state index in [0.717, 1.165) is 11.1 Å². The third kappa shape index (κ3) is 2.75. The molecule has 0 atom stereocenters. The van der Waals surface area contributed by atoms with E-state index in [2.05, 4.69) is 4.79 Å². The predicted molar refractivity (Wildman–Crippen MR) is 69.7 cm³/mol. The van der Waals surface area contributed by atoms with Gasteiger partial charge in [0.05, 0.1) is 11.1 Å². The fraction of sp³-hybridized carbons (Fsp3) is 0. The van der Waals surface area contributed by atoms with Crippen LogP contribution in [0.25, 0.3) is 5.53 Å². The van der Waals surface area contributed by atoms with Gasteiger partial charge >= 0.3 is 5.71 Å². The largest absolute Gasteiger partial charge is 0.361 e. The van der Waals surface area contributed by atoms with Gasteiger partial charge in [0, 0.05) is 10.0 Å². The predicted octanol–water partition coefficient (Wildman–Crippen LogP) is 4.06. The molecule has 0 saturated carbocycles. The van der Waals surface area contributed by atoms with E-state index in [1.807, 2.05) is 12.1 Å². The maximum Gasteiger partial charge on any atom is 0.329 e. The van der Waals surface area contributed by atoms with Crippen molar-refractivity contribution in [2.45, 2.75) is 0 Å². The summed E-state index contributed by atoms with van der Waals surface area (Å²) in [6, 6.07) is 14.2. The zero-order chi connectivity index (χ0) is 12.3. The molecule has 2 aromatic carbocycles. The van der Waals surface area contributed by atoms with Crippen LogP contribution in [0.4, 0.5) is 0 Å². The molecule has 0 aliphatic carbocycles. The Morgan fingerprint density at radius 3 is 1.71 bits per heavy atom. The molecule has 2 aromatic rings. The number of nitrogens with zero attached hydrogens (tertiary/aromatic N) is 2. The van der Waals surface area contributed by atoms with E-state index in [9.17, 15) is 0 Å². The van der Waals surface area contributed by atoms with Crippen molar-refractivity contribution in [2.24, 2.45) is 0 Å². The van der Waals surface area contributed by atoms with Crippen molar-refractivity contribution in [1.29, 1.82) is 0 Å². The van der Waals surface area contributed by atoms with Gasteiger partial charge in [0.2, 0.25) is 0 Å². The molecule has 0 bridgehead atoms. The second-order valence-electron chi connectivity index (χ2n) is 3.47. The van der Waals surface area contributed by atoms with Crippen molar-refractivity contribution in [2.75, 3.05) is 0 Å². The normalized spacial score (nSPS) is 9.76. The highest BCUT2D eigenvalue weighted by atomic mass is 35.5. The molecule has 2 nitrogen and oxygen atoms in total. The highest BCUT2D eigenvalue weighted by molar-refractivity contribution is 6.32. The standard InChI is InChI=1S/C13H8Cl2N2/c14-11-5-1-3-9(7-11)13(17-16)10-4-2-6-12(15)8-10/h1-8H. The number of hydrogen-bond acceptors (Lipinski definition) is 0. The quantitative estimate of drug-likeness (QED) is 0.445. The van der Waals surface area contributed by atoms with E-state index in [1.165, 1.54) is 0 Å². The van der Waals surface area contributed by atoms with Gasteiger partial charge in [0.25, 0.3) is 0 Å². The Labute approximate surface area is 109 Å². The average molecular weight is 263 g/mol. The van der Waals surface area contributed by atoms with Crippen LogP contribution in [0, 0.1) is 0 Å². The van der Waals surface area contributed by atoms with E-state index >= 15 is 0 Å². The van der Waals surface area contributed by atoms with Crippen LogP contribution in [-0.2, 0) is 0 Å². The lowest BCUT2D eigenvalue weighted by atomic mass is 10.0. The van der Waals surface area contributed by atoms with E-state index < -0.39 is 0 Å². The van der Waals surface area contributed by atoms with Gasteiger partial charge in [-0.3, -0.25) is 0 Å². The third-order valence-corrected chi connectivity index (χ3v) is 2.77. The van der Waals surface area contributed by atoms with Crippen LogP contribution < -0.4 is 0 Å². The van der Waals surface area contributed by atoms with Crippen molar-refractivity contribution >= 4 is 28.9 Å². The average Bonchev–Trinajstić information content (AvgIpc) is 2.30. The molecule has 4 heteroatoms. The lowest BCUT2D eigenvalue weighted by molar-refractivity contribution is -0.00279. The summed E-state index contributed by atoms with van der Waals surface area (Å²) in [7, 11) is 0. The minimum absolute atomic E-state index is 0.440. The van der Waals surface area contributed by atoms with Gasteiger partial charge in [0.1, 0.15) is 0 Å². The SMILES string of the molecule is [N-]=[N+]=C(c1cccc(Cl)c1)c1cccc(Cl)c1. The van der Waals surface area contributed by atoms with E-state index in [1.54, 1.807) is 36.4 Å². The van der Waals surface area contributed by atoms with Crippen LogP contribution in [-0.4, -0.2) is 10.5 Å². The van der Waals surface area contributed by atoms with E-state index in [0.29, 0.717) is 15.8 Å². The van der Waals surface area contributed by atoms with Crippen molar-refractivity contribution in [3.05, 3.63) is 75.2 Å². The summed E-state index contributed by atoms with van der Waals surface area (Å²) in [6.07, 6.45) is 0. The lowest BCUT2D eigenvalue weighted by Crippen LogP contribution is -2.04. The monoisotopic (exact) mass is 262 g/mol. The van der Waals surface area contributed by atoms with Crippen molar-refractivity contribution < 1.29 is 4.79 Å². The summed E-state index contributed by atoms with van der Waals surface area (Å²) >= 11 is 11.8. The number of hydrogen-bond donors (Lipinski definition) is 0. The summed E-state index contributed by atoms with van der Waals surface area (Å²) in [5.74, 6) is 0. The fourth-order valence-electron chi connectivity index (χ4n) is 1.55. The Hall–Kier alpha value is -1.60. The van der Waals surface area contributed by atoms with Gasteiger partial charge in [-0.1, -0.05) is 35.3 Å². The number of halogens is 2. The van der Waals surface area contributed by atoms with Crippen LogP contribution >= 0.6 is 23.2 Å². The molecule has 84 valence electrons. The fourth-order valence-corrected chi connectivity index (χ4v) is 1.93. The first-order chi connectivity index (χ1) is 8.20. The van der Waals surface area contributed by atoms with E-state index in [4.69, 9.17) is 28.7 Å².